The second-order valence-electron chi connectivity index (χ2n) is 4.59. The summed E-state index contributed by atoms with van der Waals surface area (Å²) in [6, 6.07) is 13.2. The zero-order chi connectivity index (χ0) is 15.4. The van der Waals surface area contributed by atoms with Crippen LogP contribution in [-0.4, -0.2) is 18.1 Å². The van der Waals surface area contributed by atoms with Crippen LogP contribution in [0.2, 0.25) is 5.02 Å². The summed E-state index contributed by atoms with van der Waals surface area (Å²) in [5.74, 6) is 0.0727. The fourth-order valence-corrected chi connectivity index (χ4v) is 2.60. The Balaban J connectivity index is 2.37. The van der Waals surface area contributed by atoms with Crippen molar-refractivity contribution < 1.29 is 5.21 Å². The molecule has 0 saturated heterocycles. The van der Waals surface area contributed by atoms with Gasteiger partial charge in [-0.05, 0) is 29.8 Å². The molecule has 6 heteroatoms. The normalized spacial score (nSPS) is 11.5. The monoisotopic (exact) mass is 367 g/mol. The molecule has 21 heavy (non-hydrogen) atoms. The minimum absolute atomic E-state index is 0.0727. The third-order valence-corrected chi connectivity index (χ3v) is 3.98. The Labute approximate surface area is 136 Å². The zero-order valence-corrected chi connectivity index (χ0v) is 13.8. The largest absolute Gasteiger partial charge is 0.409 e. The lowest BCUT2D eigenvalue weighted by Crippen LogP contribution is -2.22. The molecule has 2 aromatic carbocycles. The number of amidine groups is 1. The van der Waals surface area contributed by atoms with Crippen LogP contribution in [-0.2, 0) is 6.54 Å². The molecule has 3 N–H and O–H groups in total. The van der Waals surface area contributed by atoms with Gasteiger partial charge in [0.1, 0.15) is 0 Å². The standard InChI is InChI=1S/C15H15BrClN3O/c1-20(9-10-4-2-3-5-13(10)17)14-8-11(16)6-7-12(14)15(18)19-21/h2-8,21H,9H2,1H3,(H2,18,19). The average molecular weight is 369 g/mol. The summed E-state index contributed by atoms with van der Waals surface area (Å²) in [4.78, 5) is 2.00. The maximum absolute atomic E-state index is 8.91. The number of benzene rings is 2. The van der Waals surface area contributed by atoms with Gasteiger partial charge < -0.3 is 15.8 Å². The van der Waals surface area contributed by atoms with Crippen molar-refractivity contribution in [1.82, 2.24) is 0 Å². The molecule has 0 saturated carbocycles. The predicted octanol–water partition coefficient (Wildman–Crippen LogP) is 3.83. The molecule has 0 aliphatic heterocycles. The van der Waals surface area contributed by atoms with E-state index in [-0.39, 0.29) is 5.84 Å². The van der Waals surface area contributed by atoms with Crippen LogP contribution in [0, 0.1) is 0 Å². The number of hydrogen-bond acceptors (Lipinski definition) is 3. The van der Waals surface area contributed by atoms with Gasteiger partial charge >= 0.3 is 0 Å². The van der Waals surface area contributed by atoms with Gasteiger partial charge in [-0.25, -0.2) is 0 Å². The fourth-order valence-electron chi connectivity index (χ4n) is 2.06. The van der Waals surface area contributed by atoms with Crippen molar-refractivity contribution in [2.45, 2.75) is 6.54 Å². The summed E-state index contributed by atoms with van der Waals surface area (Å²) < 4.78 is 0.915. The maximum atomic E-state index is 8.91. The number of nitrogens with zero attached hydrogens (tertiary/aromatic N) is 2. The molecule has 0 bridgehead atoms. The van der Waals surface area contributed by atoms with Crippen LogP contribution in [0.25, 0.3) is 0 Å². The number of oxime groups is 1. The Kier molecular flexibility index (Phi) is 5.09. The fraction of sp³-hybridized carbons (Fsp3) is 0.133. The Bertz CT molecular complexity index is 676. The van der Waals surface area contributed by atoms with E-state index in [0.717, 1.165) is 15.7 Å². The van der Waals surface area contributed by atoms with E-state index in [1.54, 1.807) is 6.07 Å². The first-order valence-electron chi connectivity index (χ1n) is 6.25. The van der Waals surface area contributed by atoms with Gasteiger partial charge in [-0.1, -0.05) is 50.9 Å². The van der Waals surface area contributed by atoms with Gasteiger partial charge in [0.05, 0.1) is 0 Å². The Morgan fingerprint density at radius 3 is 2.71 bits per heavy atom. The summed E-state index contributed by atoms with van der Waals surface area (Å²) >= 11 is 9.63. The minimum atomic E-state index is 0.0727. The van der Waals surface area contributed by atoms with E-state index in [9.17, 15) is 0 Å². The zero-order valence-electron chi connectivity index (χ0n) is 11.4. The van der Waals surface area contributed by atoms with Gasteiger partial charge in [0.15, 0.2) is 5.84 Å². The Hall–Kier alpha value is -1.72. The van der Waals surface area contributed by atoms with E-state index in [4.69, 9.17) is 22.5 Å². The van der Waals surface area contributed by atoms with Crippen molar-refractivity contribution in [3.05, 3.63) is 63.1 Å². The molecule has 0 aliphatic carbocycles. The summed E-state index contributed by atoms with van der Waals surface area (Å²) in [5, 5.41) is 12.7. The van der Waals surface area contributed by atoms with Crippen molar-refractivity contribution in [3.8, 4) is 0 Å². The van der Waals surface area contributed by atoms with Crippen molar-refractivity contribution in [2.75, 3.05) is 11.9 Å². The molecule has 2 aromatic rings. The van der Waals surface area contributed by atoms with Crippen LogP contribution in [0.3, 0.4) is 0 Å². The van der Waals surface area contributed by atoms with E-state index in [2.05, 4.69) is 21.1 Å². The molecule has 0 heterocycles. The van der Waals surface area contributed by atoms with Gasteiger partial charge in [-0.2, -0.15) is 0 Å². The first kappa shape index (κ1) is 15.7. The number of nitrogens with two attached hydrogens (primary N) is 1. The van der Waals surface area contributed by atoms with Crippen molar-refractivity contribution >= 4 is 39.1 Å². The first-order chi connectivity index (χ1) is 10.0. The topological polar surface area (TPSA) is 61.8 Å². The number of hydrogen-bond donors (Lipinski definition) is 2. The molecule has 0 radical (unpaired) electrons. The molecular weight excluding hydrogens is 354 g/mol. The molecule has 0 unspecified atom stereocenters. The van der Waals surface area contributed by atoms with Gasteiger partial charge in [0.25, 0.3) is 0 Å². The van der Waals surface area contributed by atoms with E-state index in [1.165, 1.54) is 0 Å². The molecule has 0 fully saturated rings. The molecule has 0 atom stereocenters. The van der Waals surface area contributed by atoms with E-state index < -0.39 is 0 Å². The van der Waals surface area contributed by atoms with Gasteiger partial charge in [0, 0.05) is 34.3 Å². The number of rotatable bonds is 4. The highest BCUT2D eigenvalue weighted by Gasteiger charge is 2.13. The molecule has 4 nitrogen and oxygen atoms in total. The summed E-state index contributed by atoms with van der Waals surface area (Å²) in [6.45, 7) is 0.613. The maximum Gasteiger partial charge on any atom is 0.172 e. The molecule has 0 spiro atoms. The number of anilines is 1. The molecule has 110 valence electrons. The summed E-state index contributed by atoms with van der Waals surface area (Å²) in [6.07, 6.45) is 0. The highest BCUT2D eigenvalue weighted by Crippen LogP contribution is 2.27. The third-order valence-electron chi connectivity index (χ3n) is 3.12. The molecule has 0 amide bonds. The van der Waals surface area contributed by atoms with Crippen LogP contribution in [0.5, 0.6) is 0 Å². The smallest absolute Gasteiger partial charge is 0.172 e. The van der Waals surface area contributed by atoms with Gasteiger partial charge in [-0.3, -0.25) is 0 Å². The van der Waals surface area contributed by atoms with E-state index in [0.29, 0.717) is 17.1 Å². The van der Waals surface area contributed by atoms with Crippen molar-refractivity contribution in [2.24, 2.45) is 10.9 Å². The third kappa shape index (κ3) is 3.68. The molecule has 0 aromatic heterocycles. The quantitative estimate of drug-likeness (QED) is 0.373. The van der Waals surface area contributed by atoms with Gasteiger partial charge in [-0.15, -0.1) is 0 Å². The van der Waals surface area contributed by atoms with Crippen LogP contribution < -0.4 is 10.6 Å². The highest BCUT2D eigenvalue weighted by atomic mass is 79.9. The summed E-state index contributed by atoms with van der Waals surface area (Å²) in [7, 11) is 1.93. The SMILES string of the molecule is CN(Cc1ccccc1Cl)c1cc(Br)ccc1/C(N)=N/O. The van der Waals surface area contributed by atoms with Crippen LogP contribution in [0.15, 0.2) is 52.1 Å². The highest BCUT2D eigenvalue weighted by molar-refractivity contribution is 9.10. The van der Waals surface area contributed by atoms with E-state index >= 15 is 0 Å². The Morgan fingerprint density at radius 1 is 1.33 bits per heavy atom. The van der Waals surface area contributed by atoms with Crippen LogP contribution in [0.1, 0.15) is 11.1 Å². The minimum Gasteiger partial charge on any atom is -0.409 e. The van der Waals surface area contributed by atoms with Gasteiger partial charge in [0.2, 0.25) is 0 Å². The van der Waals surface area contributed by atoms with Crippen molar-refractivity contribution in [1.29, 1.82) is 0 Å². The number of halogens is 2. The van der Waals surface area contributed by atoms with E-state index in [1.807, 2.05) is 48.3 Å². The predicted molar refractivity (Wildman–Crippen MR) is 90.2 cm³/mol. The second-order valence-corrected chi connectivity index (χ2v) is 5.92. The Morgan fingerprint density at radius 2 is 2.05 bits per heavy atom. The lowest BCUT2D eigenvalue weighted by molar-refractivity contribution is 0.318. The van der Waals surface area contributed by atoms with Crippen molar-refractivity contribution in [3.63, 3.8) is 0 Å². The lowest BCUT2D eigenvalue weighted by atomic mass is 10.1. The summed E-state index contributed by atoms with van der Waals surface area (Å²) in [5.41, 5.74) is 8.25. The van der Waals surface area contributed by atoms with Crippen LogP contribution >= 0.6 is 27.5 Å². The molecule has 0 aliphatic rings. The van der Waals surface area contributed by atoms with Crippen LogP contribution in [0.4, 0.5) is 5.69 Å². The lowest BCUT2D eigenvalue weighted by Gasteiger charge is -2.23. The molecular formula is C15H15BrClN3O. The first-order valence-corrected chi connectivity index (χ1v) is 7.42. The molecule has 2 rings (SSSR count). The average Bonchev–Trinajstić information content (AvgIpc) is 2.48. The second kappa shape index (κ2) is 6.83.